The van der Waals surface area contributed by atoms with Crippen LogP contribution in [0.3, 0.4) is 0 Å². The Morgan fingerprint density at radius 1 is 0.820 bits per heavy atom. The van der Waals surface area contributed by atoms with Crippen LogP contribution >= 0.6 is 23.2 Å². The maximum Gasteiger partial charge on any atom is 0.317 e. The maximum absolute atomic E-state index is 14.6. The lowest BCUT2D eigenvalue weighted by Crippen LogP contribution is -2.55. The minimum atomic E-state index is -0.536. The lowest BCUT2D eigenvalue weighted by molar-refractivity contribution is 0.175. The fraction of sp³-hybridized carbons (Fsp3) is 0.429. The Morgan fingerprint density at radius 2 is 1.33 bits per heavy atom. The average molecular weight is 875 g/mol. The lowest BCUT2D eigenvalue weighted by atomic mass is 9.80. The molecule has 15 nitrogen and oxygen atoms in total. The highest BCUT2D eigenvalue weighted by Crippen LogP contribution is 2.35. The van der Waals surface area contributed by atoms with E-state index in [0.29, 0.717) is 70.0 Å². The van der Waals surface area contributed by atoms with E-state index in [9.17, 15) is 18.4 Å². The number of isocyanates is 1. The van der Waals surface area contributed by atoms with Crippen molar-refractivity contribution in [2.24, 2.45) is 4.99 Å². The van der Waals surface area contributed by atoms with E-state index >= 15 is 0 Å². The first-order chi connectivity index (χ1) is 29.3. The Kier molecular flexibility index (Phi) is 13.1. The molecule has 0 spiro atoms. The fourth-order valence-electron chi connectivity index (χ4n) is 8.28. The van der Waals surface area contributed by atoms with Crippen molar-refractivity contribution in [3.8, 4) is 22.8 Å². The zero-order valence-electron chi connectivity index (χ0n) is 34.3. The second kappa shape index (κ2) is 18.5. The Hall–Kier alpha value is -5.77. The van der Waals surface area contributed by atoms with Gasteiger partial charge in [-0.3, -0.25) is 0 Å². The van der Waals surface area contributed by atoms with Crippen LogP contribution in [-0.4, -0.2) is 93.1 Å². The summed E-state index contributed by atoms with van der Waals surface area (Å²) in [4.78, 5) is 60.7. The Balaban J connectivity index is 0.000000186. The Bertz CT molecular complexity index is 2580. The van der Waals surface area contributed by atoms with Crippen molar-refractivity contribution in [1.29, 1.82) is 0 Å². The number of fused-ring (bicyclic) bond motifs is 2. The summed E-state index contributed by atoms with van der Waals surface area (Å²) in [6.07, 6.45) is 17.0. The second-order valence-electron chi connectivity index (χ2n) is 16.0. The van der Waals surface area contributed by atoms with Crippen molar-refractivity contribution in [2.75, 3.05) is 23.7 Å². The van der Waals surface area contributed by atoms with Crippen LogP contribution in [0.15, 0.2) is 54.3 Å². The number of aromatic nitrogens is 8. The highest BCUT2D eigenvalue weighted by Gasteiger charge is 2.35. The van der Waals surface area contributed by atoms with Gasteiger partial charge in [0, 0.05) is 77.4 Å². The summed E-state index contributed by atoms with van der Waals surface area (Å²) < 4.78 is 29.0. The van der Waals surface area contributed by atoms with Crippen molar-refractivity contribution in [3.63, 3.8) is 0 Å². The van der Waals surface area contributed by atoms with Crippen LogP contribution in [0, 0.1) is 11.6 Å². The number of anilines is 2. The normalized spacial score (nSPS) is 21.2. The van der Waals surface area contributed by atoms with Gasteiger partial charge in [-0.2, -0.15) is 4.99 Å². The molecule has 2 aliphatic rings. The Labute approximate surface area is 361 Å². The van der Waals surface area contributed by atoms with E-state index in [1.807, 2.05) is 27.7 Å². The molecule has 2 amide bonds. The number of pyridine rings is 2. The molecule has 320 valence electrons. The molecule has 6 aromatic heterocycles. The first kappa shape index (κ1) is 43.3. The van der Waals surface area contributed by atoms with Gasteiger partial charge in [0.25, 0.3) is 0 Å². The summed E-state index contributed by atoms with van der Waals surface area (Å²) >= 11 is 12.1. The van der Waals surface area contributed by atoms with Crippen molar-refractivity contribution >= 4 is 69.0 Å². The van der Waals surface area contributed by atoms with Crippen molar-refractivity contribution < 1.29 is 18.4 Å². The molecule has 4 atom stereocenters. The van der Waals surface area contributed by atoms with Gasteiger partial charge in [-0.15, -0.1) is 0 Å². The van der Waals surface area contributed by atoms with E-state index < -0.39 is 17.2 Å². The number of hydrogen-bond acceptors (Lipinski definition) is 11. The van der Waals surface area contributed by atoms with E-state index in [1.54, 1.807) is 47.9 Å². The van der Waals surface area contributed by atoms with Crippen LogP contribution in [0.25, 0.3) is 44.8 Å². The lowest BCUT2D eigenvalue weighted by Gasteiger charge is -2.40. The summed E-state index contributed by atoms with van der Waals surface area (Å²) in [5.74, 6) is -0.0428. The number of rotatable bonds is 10. The molecule has 0 aliphatic heterocycles. The number of halogens is 4. The second-order valence-corrected chi connectivity index (χ2v) is 16.9. The number of nitrogens with zero attached hydrogens (tertiary/aromatic N) is 8. The third kappa shape index (κ3) is 10.1. The zero-order valence-corrected chi connectivity index (χ0v) is 35.8. The molecule has 0 radical (unpaired) electrons. The first-order valence-corrected chi connectivity index (χ1v) is 21.0. The molecule has 0 saturated heterocycles. The van der Waals surface area contributed by atoms with Crippen LogP contribution in [0.2, 0.25) is 10.0 Å². The van der Waals surface area contributed by atoms with Gasteiger partial charge in [0.05, 0.1) is 28.0 Å². The molecule has 5 N–H and O–H groups in total. The van der Waals surface area contributed by atoms with Crippen LogP contribution in [-0.2, 0) is 4.79 Å². The van der Waals surface area contributed by atoms with E-state index in [-0.39, 0.29) is 35.3 Å². The summed E-state index contributed by atoms with van der Waals surface area (Å²) in [6.45, 7) is 9.20. The minimum absolute atomic E-state index is 0.0305. The van der Waals surface area contributed by atoms with E-state index in [2.05, 4.69) is 60.8 Å². The summed E-state index contributed by atoms with van der Waals surface area (Å²) in [5.41, 5.74) is 1.83. The molecule has 2 unspecified atom stereocenters. The van der Waals surface area contributed by atoms with Gasteiger partial charge in [0.1, 0.15) is 11.3 Å². The van der Waals surface area contributed by atoms with Crippen LogP contribution in [0.1, 0.15) is 79.1 Å². The molecular formula is C42H47Cl2F2N13O2. The topological polar surface area (TPSA) is 195 Å². The molecular weight excluding hydrogens is 827 g/mol. The quantitative estimate of drug-likeness (QED) is 0.0654. The standard InChI is InChI=1S/C23H29ClFN7O.C19H18ClFN6O/c1-4-32(5-2)22(33)31-23(3)8-6-7-15(10-23)29-21-18(25)13-28-20(30-21)17-12-27-19-16(17)9-14(24)11-26-19;1-19(25-10-28)4-2-3-12(6-19)26-18-15(21)9-24-17(27-18)14-8-23-16-13(14)5-11(20)7-22-16/h9,11-13,15H,4-8,10H2,1-3H3,(H,26,27)(H,31,33)(H,28,29,30);5,7-9,12H,2-4,6H2,1H3,(H,22,23)(H,24,26,27)/t15?,23-;12?,19-/m11/s1. The van der Waals surface area contributed by atoms with Gasteiger partial charge in [0.2, 0.25) is 6.08 Å². The number of carbonyl (C=O) groups is 1. The summed E-state index contributed by atoms with van der Waals surface area (Å²) in [5, 5.41) is 12.1. The van der Waals surface area contributed by atoms with E-state index in [1.165, 1.54) is 6.20 Å². The minimum Gasteiger partial charge on any atom is -0.365 e. The molecule has 2 aliphatic carbocycles. The number of aliphatic imine (C=N–C) groups is 1. The smallest absolute Gasteiger partial charge is 0.317 e. The zero-order chi connectivity index (χ0) is 43.3. The van der Waals surface area contributed by atoms with Crippen LogP contribution in [0.5, 0.6) is 0 Å². The van der Waals surface area contributed by atoms with Gasteiger partial charge in [-0.05, 0) is 91.2 Å². The molecule has 0 aromatic carbocycles. The van der Waals surface area contributed by atoms with Gasteiger partial charge in [-0.1, -0.05) is 23.2 Å². The van der Waals surface area contributed by atoms with E-state index in [0.717, 1.165) is 55.5 Å². The number of hydrogen-bond donors (Lipinski definition) is 5. The highest BCUT2D eigenvalue weighted by molar-refractivity contribution is 6.31. The molecule has 61 heavy (non-hydrogen) atoms. The average Bonchev–Trinajstić information content (AvgIpc) is 3.84. The number of urea groups is 1. The number of nitrogens with one attached hydrogen (secondary N) is 5. The molecule has 6 heterocycles. The number of amides is 2. The third-order valence-corrected chi connectivity index (χ3v) is 11.8. The van der Waals surface area contributed by atoms with E-state index in [4.69, 9.17) is 23.2 Å². The SMILES string of the molecule is CCN(CC)C(=O)N[C@]1(C)CCCC(Nc2nc(-c3c[nH]c4ncc(Cl)cc34)ncc2F)C1.C[C@@]1(N=C=O)CCCC(Nc2nc(-c3c[nH]c4ncc(Cl)cc34)ncc2F)C1. The van der Waals surface area contributed by atoms with Gasteiger partial charge in [-0.25, -0.2) is 48.3 Å². The molecule has 0 bridgehead atoms. The predicted molar refractivity (Wildman–Crippen MR) is 232 cm³/mol. The molecule has 8 rings (SSSR count). The number of carbonyl (C=O) groups excluding carboxylic acids is 2. The highest BCUT2D eigenvalue weighted by atomic mass is 35.5. The third-order valence-electron chi connectivity index (χ3n) is 11.4. The van der Waals surface area contributed by atoms with Crippen LogP contribution in [0.4, 0.5) is 25.2 Å². The van der Waals surface area contributed by atoms with Gasteiger partial charge in [0.15, 0.2) is 34.9 Å². The monoisotopic (exact) mass is 873 g/mol. The fourth-order valence-corrected chi connectivity index (χ4v) is 8.60. The number of aromatic amines is 2. The van der Waals surface area contributed by atoms with Crippen molar-refractivity contribution in [2.45, 2.75) is 102 Å². The molecule has 2 saturated carbocycles. The van der Waals surface area contributed by atoms with Crippen LogP contribution < -0.4 is 16.0 Å². The maximum atomic E-state index is 14.6. The number of H-pyrrole nitrogens is 2. The summed E-state index contributed by atoms with van der Waals surface area (Å²) in [7, 11) is 0. The van der Waals surface area contributed by atoms with Gasteiger partial charge < -0.3 is 30.8 Å². The first-order valence-electron chi connectivity index (χ1n) is 20.3. The van der Waals surface area contributed by atoms with Crippen molar-refractivity contribution in [3.05, 3.63) is 71.0 Å². The molecule has 19 heteroatoms. The van der Waals surface area contributed by atoms with Crippen molar-refractivity contribution in [1.82, 2.24) is 50.1 Å². The van der Waals surface area contributed by atoms with Gasteiger partial charge >= 0.3 is 6.03 Å². The Morgan fingerprint density at radius 3 is 1.84 bits per heavy atom. The molecule has 2 fully saturated rings. The largest absolute Gasteiger partial charge is 0.365 e. The summed E-state index contributed by atoms with van der Waals surface area (Å²) in [6, 6.07) is 3.40. The molecule has 6 aromatic rings. The predicted octanol–water partition coefficient (Wildman–Crippen LogP) is 9.24.